The first-order chi connectivity index (χ1) is 10.1. The number of rotatable bonds is 4. The first-order valence-corrected chi connectivity index (χ1v) is 6.93. The summed E-state index contributed by atoms with van der Waals surface area (Å²) in [5.74, 6) is -2.38. The molecule has 1 aromatic heterocycles. The number of ketones is 2. The predicted octanol–water partition coefficient (Wildman–Crippen LogP) is 3.13. The number of nitrogens with zero attached hydrogens (tertiary/aromatic N) is 2. The zero-order valence-electron chi connectivity index (χ0n) is 11.2. The zero-order valence-corrected chi connectivity index (χ0v) is 12.0. The van der Waals surface area contributed by atoms with Crippen molar-refractivity contribution in [2.75, 3.05) is 0 Å². The summed E-state index contributed by atoms with van der Waals surface area (Å²) in [5.41, 5.74) is 0.669. The highest BCUT2D eigenvalue weighted by Crippen LogP contribution is 2.21. The Hall–Kier alpha value is -2.76. The Morgan fingerprint density at radius 2 is 1.71 bits per heavy atom. The minimum atomic E-state index is -1.35. The summed E-state index contributed by atoms with van der Waals surface area (Å²) < 4.78 is 0. The zero-order chi connectivity index (χ0) is 15.4. The summed E-state index contributed by atoms with van der Waals surface area (Å²) in [6.45, 7) is 1.85. The van der Waals surface area contributed by atoms with E-state index >= 15 is 0 Å². The van der Waals surface area contributed by atoms with E-state index in [2.05, 4.69) is 0 Å². The SMILES string of the molecule is Cc1ccc(C(=O)[C@@H](C#N)C(=O)c2ccc(C#N)cc2)s1. The lowest BCUT2D eigenvalue weighted by Gasteiger charge is -2.06. The van der Waals surface area contributed by atoms with Crippen LogP contribution in [-0.4, -0.2) is 11.6 Å². The van der Waals surface area contributed by atoms with Gasteiger partial charge < -0.3 is 0 Å². The Morgan fingerprint density at radius 1 is 1.05 bits per heavy atom. The highest BCUT2D eigenvalue weighted by atomic mass is 32.1. The van der Waals surface area contributed by atoms with Gasteiger partial charge in [-0.2, -0.15) is 10.5 Å². The van der Waals surface area contributed by atoms with Crippen LogP contribution in [0.5, 0.6) is 0 Å². The van der Waals surface area contributed by atoms with Crippen LogP contribution < -0.4 is 0 Å². The molecule has 0 bridgehead atoms. The molecule has 0 unspecified atom stereocenters. The molecule has 0 fully saturated rings. The summed E-state index contributed by atoms with van der Waals surface area (Å²) in [7, 11) is 0. The number of Topliss-reactive ketones (excluding diaryl/α,β-unsaturated/α-hetero) is 2. The molecule has 1 heterocycles. The van der Waals surface area contributed by atoms with Gasteiger partial charge in [0.05, 0.1) is 22.6 Å². The first kappa shape index (κ1) is 14.6. The van der Waals surface area contributed by atoms with Gasteiger partial charge in [-0.1, -0.05) is 12.1 Å². The largest absolute Gasteiger partial charge is 0.292 e. The van der Waals surface area contributed by atoms with Gasteiger partial charge in [0.15, 0.2) is 17.5 Å². The number of carbonyl (C=O) groups is 2. The van der Waals surface area contributed by atoms with Gasteiger partial charge in [0.25, 0.3) is 0 Å². The van der Waals surface area contributed by atoms with Crippen LogP contribution in [0.1, 0.15) is 30.5 Å². The van der Waals surface area contributed by atoms with Crippen LogP contribution in [0.3, 0.4) is 0 Å². The quantitative estimate of drug-likeness (QED) is 0.640. The summed E-state index contributed by atoms with van der Waals surface area (Å²) >= 11 is 1.26. The average molecular weight is 294 g/mol. The van der Waals surface area contributed by atoms with Crippen molar-refractivity contribution in [3.63, 3.8) is 0 Å². The standard InChI is InChI=1S/C16H10N2O2S/c1-10-2-7-14(21-10)16(20)13(9-18)15(19)12-5-3-11(8-17)4-6-12/h2-7,13H,1H3/t13-/m0/s1. The molecule has 1 atom stereocenters. The Bertz CT molecular complexity index is 776. The van der Waals surface area contributed by atoms with Crippen molar-refractivity contribution in [3.05, 3.63) is 57.3 Å². The molecule has 0 aliphatic carbocycles. The monoisotopic (exact) mass is 294 g/mol. The maximum absolute atomic E-state index is 12.3. The molecule has 21 heavy (non-hydrogen) atoms. The van der Waals surface area contributed by atoms with E-state index in [1.54, 1.807) is 18.2 Å². The molecule has 2 rings (SSSR count). The summed E-state index contributed by atoms with van der Waals surface area (Å²) in [6.07, 6.45) is 0. The molecule has 5 heteroatoms. The number of hydrogen-bond acceptors (Lipinski definition) is 5. The first-order valence-electron chi connectivity index (χ1n) is 6.11. The Labute approximate surface area is 125 Å². The lowest BCUT2D eigenvalue weighted by molar-refractivity contribution is 0.0848. The van der Waals surface area contributed by atoms with E-state index in [0.29, 0.717) is 10.4 Å². The lowest BCUT2D eigenvalue weighted by atomic mass is 9.94. The second-order valence-electron chi connectivity index (χ2n) is 4.39. The van der Waals surface area contributed by atoms with Gasteiger partial charge in [0, 0.05) is 10.4 Å². The smallest absolute Gasteiger partial charge is 0.197 e. The molecule has 0 aliphatic rings. The third kappa shape index (κ3) is 3.05. The molecule has 0 amide bonds. The van der Waals surface area contributed by atoms with Crippen LogP contribution in [-0.2, 0) is 0 Å². The fraction of sp³-hybridized carbons (Fsp3) is 0.125. The van der Waals surface area contributed by atoms with Crippen LogP contribution in [0.4, 0.5) is 0 Å². The highest BCUT2D eigenvalue weighted by Gasteiger charge is 2.29. The molecule has 0 saturated heterocycles. The van der Waals surface area contributed by atoms with E-state index in [9.17, 15) is 9.59 Å². The molecular weight excluding hydrogens is 284 g/mol. The Balaban J connectivity index is 2.28. The average Bonchev–Trinajstić information content (AvgIpc) is 2.94. The van der Waals surface area contributed by atoms with E-state index in [-0.39, 0.29) is 5.56 Å². The predicted molar refractivity (Wildman–Crippen MR) is 78.0 cm³/mol. The van der Waals surface area contributed by atoms with Gasteiger partial charge in [-0.3, -0.25) is 9.59 Å². The highest BCUT2D eigenvalue weighted by molar-refractivity contribution is 7.14. The number of benzene rings is 1. The normalized spacial score (nSPS) is 11.2. The number of carbonyl (C=O) groups excluding carboxylic acids is 2. The summed E-state index contributed by atoms with van der Waals surface area (Å²) in [6, 6.07) is 13.0. The van der Waals surface area contributed by atoms with Crippen LogP contribution in [0.15, 0.2) is 36.4 Å². The molecule has 2 aromatic rings. The van der Waals surface area contributed by atoms with E-state index in [1.165, 1.54) is 35.6 Å². The molecule has 0 spiro atoms. The molecular formula is C16H10N2O2S. The van der Waals surface area contributed by atoms with E-state index in [0.717, 1.165) is 4.88 Å². The summed E-state index contributed by atoms with van der Waals surface area (Å²) in [4.78, 5) is 25.9. The number of thiophene rings is 1. The fourth-order valence-electron chi connectivity index (χ4n) is 1.82. The van der Waals surface area contributed by atoms with Gasteiger partial charge in [0.2, 0.25) is 0 Å². The van der Waals surface area contributed by atoms with E-state index in [4.69, 9.17) is 10.5 Å². The molecule has 1 aromatic carbocycles. The van der Waals surface area contributed by atoms with Crippen molar-refractivity contribution in [1.82, 2.24) is 0 Å². The van der Waals surface area contributed by atoms with Crippen molar-refractivity contribution in [1.29, 1.82) is 10.5 Å². The fourth-order valence-corrected chi connectivity index (χ4v) is 2.66. The minimum Gasteiger partial charge on any atom is -0.292 e. The summed E-state index contributed by atoms with van der Waals surface area (Å²) in [5, 5.41) is 17.9. The van der Waals surface area contributed by atoms with Crippen molar-refractivity contribution in [3.8, 4) is 12.1 Å². The third-order valence-electron chi connectivity index (χ3n) is 2.94. The van der Waals surface area contributed by atoms with Gasteiger partial charge in [-0.05, 0) is 31.2 Å². The van der Waals surface area contributed by atoms with Crippen molar-refractivity contribution in [2.45, 2.75) is 6.92 Å². The van der Waals surface area contributed by atoms with Crippen molar-refractivity contribution in [2.24, 2.45) is 5.92 Å². The third-order valence-corrected chi connectivity index (χ3v) is 3.95. The van der Waals surface area contributed by atoms with E-state index < -0.39 is 17.5 Å². The number of aryl methyl sites for hydroxylation is 1. The van der Waals surface area contributed by atoms with Gasteiger partial charge >= 0.3 is 0 Å². The molecule has 0 aliphatic heterocycles. The number of hydrogen-bond donors (Lipinski definition) is 0. The molecule has 0 N–H and O–H groups in total. The Morgan fingerprint density at radius 3 is 2.19 bits per heavy atom. The molecule has 0 saturated carbocycles. The number of nitriles is 2. The van der Waals surface area contributed by atoms with Gasteiger partial charge in [-0.15, -0.1) is 11.3 Å². The topological polar surface area (TPSA) is 81.7 Å². The van der Waals surface area contributed by atoms with E-state index in [1.807, 2.05) is 13.0 Å². The van der Waals surface area contributed by atoms with Crippen LogP contribution in [0.2, 0.25) is 0 Å². The molecule has 4 nitrogen and oxygen atoms in total. The van der Waals surface area contributed by atoms with Crippen molar-refractivity contribution < 1.29 is 9.59 Å². The van der Waals surface area contributed by atoms with Crippen LogP contribution in [0.25, 0.3) is 0 Å². The maximum atomic E-state index is 12.3. The van der Waals surface area contributed by atoms with Gasteiger partial charge in [0.1, 0.15) is 0 Å². The van der Waals surface area contributed by atoms with Gasteiger partial charge in [-0.25, -0.2) is 0 Å². The van der Waals surface area contributed by atoms with Crippen LogP contribution in [0, 0.1) is 35.5 Å². The van der Waals surface area contributed by atoms with Crippen LogP contribution >= 0.6 is 11.3 Å². The maximum Gasteiger partial charge on any atom is 0.197 e. The second-order valence-corrected chi connectivity index (χ2v) is 5.68. The molecule has 0 radical (unpaired) electrons. The minimum absolute atomic E-state index is 0.252. The molecule has 102 valence electrons. The lowest BCUT2D eigenvalue weighted by Crippen LogP contribution is -2.22. The Kier molecular flexibility index (Phi) is 4.27. The second kappa shape index (κ2) is 6.13. The van der Waals surface area contributed by atoms with Crippen molar-refractivity contribution >= 4 is 22.9 Å².